The van der Waals surface area contributed by atoms with Crippen LogP contribution in [0.2, 0.25) is 0 Å². The predicted molar refractivity (Wildman–Crippen MR) is 63.7 cm³/mol. The highest BCUT2D eigenvalue weighted by Crippen LogP contribution is 1.93. The monoisotopic (exact) mass is 250 g/mol. The van der Waals surface area contributed by atoms with Crippen LogP contribution >= 0.6 is 11.6 Å². The SMILES string of the molecule is CCCCCCl.CCOC(=O)/C=C/C(=O)O. The van der Waals surface area contributed by atoms with Crippen LogP contribution in [-0.4, -0.2) is 29.5 Å². The molecule has 4 nitrogen and oxygen atoms in total. The van der Waals surface area contributed by atoms with Crippen LogP contribution in [0.15, 0.2) is 12.2 Å². The molecule has 0 rings (SSSR count). The third-order valence-electron chi connectivity index (χ3n) is 1.39. The number of hydrogen-bond donors (Lipinski definition) is 1. The van der Waals surface area contributed by atoms with Crippen LogP contribution in [0.25, 0.3) is 0 Å². The van der Waals surface area contributed by atoms with Crippen molar-refractivity contribution in [2.45, 2.75) is 33.1 Å². The summed E-state index contributed by atoms with van der Waals surface area (Å²) in [5.41, 5.74) is 0. The minimum absolute atomic E-state index is 0.253. The van der Waals surface area contributed by atoms with Crippen molar-refractivity contribution in [1.29, 1.82) is 0 Å². The Morgan fingerprint density at radius 3 is 2.19 bits per heavy atom. The second kappa shape index (κ2) is 14.0. The second-order valence-electron chi connectivity index (χ2n) is 2.82. The molecule has 0 atom stereocenters. The smallest absolute Gasteiger partial charge is 0.330 e. The molecule has 0 fully saturated rings. The summed E-state index contributed by atoms with van der Waals surface area (Å²) in [4.78, 5) is 20.2. The van der Waals surface area contributed by atoms with E-state index in [0.29, 0.717) is 0 Å². The number of carboxylic acids is 1. The molecule has 0 spiro atoms. The number of carboxylic acid groups (broad SMARTS) is 1. The summed E-state index contributed by atoms with van der Waals surface area (Å²) in [6.45, 7) is 4.07. The van der Waals surface area contributed by atoms with E-state index < -0.39 is 11.9 Å². The van der Waals surface area contributed by atoms with Gasteiger partial charge in [0, 0.05) is 18.0 Å². The Hall–Kier alpha value is -1.03. The summed E-state index contributed by atoms with van der Waals surface area (Å²) >= 11 is 5.38. The molecule has 0 aliphatic rings. The Morgan fingerprint density at radius 1 is 1.25 bits per heavy atom. The normalized spacial score (nSPS) is 9.44. The molecule has 5 heteroatoms. The molecule has 0 aromatic carbocycles. The minimum atomic E-state index is -1.16. The van der Waals surface area contributed by atoms with Crippen molar-refractivity contribution in [3.63, 3.8) is 0 Å². The predicted octanol–water partition coefficient (Wildman–Crippen LogP) is 2.61. The van der Waals surface area contributed by atoms with E-state index in [4.69, 9.17) is 16.7 Å². The zero-order valence-corrected chi connectivity index (χ0v) is 10.5. The second-order valence-corrected chi connectivity index (χ2v) is 3.20. The summed E-state index contributed by atoms with van der Waals surface area (Å²) in [6.07, 6.45) is 5.33. The lowest BCUT2D eigenvalue weighted by molar-refractivity contribution is -0.138. The van der Waals surface area contributed by atoms with Crippen molar-refractivity contribution in [2.24, 2.45) is 0 Å². The van der Waals surface area contributed by atoms with Crippen molar-refractivity contribution in [3.8, 4) is 0 Å². The number of alkyl halides is 1. The highest BCUT2D eigenvalue weighted by atomic mass is 35.5. The summed E-state index contributed by atoms with van der Waals surface area (Å²) < 4.78 is 4.40. The largest absolute Gasteiger partial charge is 0.478 e. The number of carbonyl (C=O) groups is 2. The summed E-state index contributed by atoms with van der Waals surface area (Å²) in [5, 5.41) is 8.04. The van der Waals surface area contributed by atoms with Gasteiger partial charge in [0.15, 0.2) is 0 Å². The van der Waals surface area contributed by atoms with Crippen molar-refractivity contribution < 1.29 is 19.4 Å². The molecule has 0 unspecified atom stereocenters. The molecule has 16 heavy (non-hydrogen) atoms. The molecule has 0 saturated carbocycles. The van der Waals surface area contributed by atoms with Crippen LogP contribution in [0, 0.1) is 0 Å². The van der Waals surface area contributed by atoms with Gasteiger partial charge in [-0.05, 0) is 13.3 Å². The highest BCUT2D eigenvalue weighted by Gasteiger charge is 1.94. The van der Waals surface area contributed by atoms with Gasteiger partial charge in [-0.15, -0.1) is 11.6 Å². The Balaban J connectivity index is 0. The van der Waals surface area contributed by atoms with Crippen LogP contribution in [0.4, 0.5) is 0 Å². The van der Waals surface area contributed by atoms with E-state index in [2.05, 4.69) is 11.7 Å². The molecular formula is C11H19ClO4. The lowest BCUT2D eigenvalue weighted by Gasteiger charge is -1.92. The van der Waals surface area contributed by atoms with Gasteiger partial charge in [-0.2, -0.15) is 0 Å². The van der Waals surface area contributed by atoms with Crippen LogP contribution < -0.4 is 0 Å². The first kappa shape index (κ1) is 17.4. The average molecular weight is 251 g/mol. The number of unbranched alkanes of at least 4 members (excludes halogenated alkanes) is 2. The Bertz CT molecular complexity index is 210. The molecule has 0 radical (unpaired) electrons. The summed E-state index contributed by atoms with van der Waals surface area (Å²) in [5.74, 6) is -0.966. The molecule has 1 N–H and O–H groups in total. The standard InChI is InChI=1S/C6H8O4.C5H11Cl/c1-2-10-6(9)4-3-5(7)8;1-2-3-4-5-6/h3-4H,2H2,1H3,(H,7,8);2-5H2,1H3/b4-3+;. The van der Waals surface area contributed by atoms with Crippen LogP contribution in [0.5, 0.6) is 0 Å². The Kier molecular flexibility index (Phi) is 15.2. The van der Waals surface area contributed by atoms with E-state index in [1.54, 1.807) is 6.92 Å². The van der Waals surface area contributed by atoms with Crippen molar-refractivity contribution >= 4 is 23.5 Å². The van der Waals surface area contributed by atoms with Gasteiger partial charge in [0.2, 0.25) is 0 Å². The van der Waals surface area contributed by atoms with E-state index in [-0.39, 0.29) is 6.61 Å². The van der Waals surface area contributed by atoms with Gasteiger partial charge in [-0.3, -0.25) is 0 Å². The van der Waals surface area contributed by atoms with Gasteiger partial charge >= 0.3 is 11.9 Å². The first-order chi connectivity index (χ1) is 7.58. The van der Waals surface area contributed by atoms with Gasteiger partial charge in [0.05, 0.1) is 6.61 Å². The first-order valence-corrected chi connectivity index (χ1v) is 5.75. The molecule has 0 aromatic rings. The van der Waals surface area contributed by atoms with E-state index in [9.17, 15) is 9.59 Å². The molecule has 0 aliphatic heterocycles. The number of ether oxygens (including phenoxy) is 1. The van der Waals surface area contributed by atoms with Gasteiger partial charge in [-0.25, -0.2) is 9.59 Å². The molecule has 0 aliphatic carbocycles. The van der Waals surface area contributed by atoms with E-state index in [1.807, 2.05) is 0 Å². The van der Waals surface area contributed by atoms with E-state index >= 15 is 0 Å². The van der Waals surface area contributed by atoms with Crippen molar-refractivity contribution in [1.82, 2.24) is 0 Å². The van der Waals surface area contributed by atoms with Gasteiger partial charge in [-0.1, -0.05) is 19.8 Å². The summed E-state index contributed by atoms with van der Waals surface area (Å²) in [7, 11) is 0. The number of halogens is 1. The third kappa shape index (κ3) is 18.7. The molecule has 0 bridgehead atoms. The van der Waals surface area contributed by atoms with E-state index in [1.165, 1.54) is 19.3 Å². The molecule has 0 amide bonds. The number of hydrogen-bond acceptors (Lipinski definition) is 3. The minimum Gasteiger partial charge on any atom is -0.478 e. The van der Waals surface area contributed by atoms with Crippen LogP contribution in [-0.2, 0) is 14.3 Å². The number of esters is 1. The van der Waals surface area contributed by atoms with Crippen molar-refractivity contribution in [3.05, 3.63) is 12.2 Å². The van der Waals surface area contributed by atoms with Gasteiger partial charge < -0.3 is 9.84 Å². The number of aliphatic carboxylic acids is 1. The third-order valence-corrected chi connectivity index (χ3v) is 1.65. The van der Waals surface area contributed by atoms with Gasteiger partial charge in [0.1, 0.15) is 0 Å². The Labute approximate surface area is 101 Å². The maximum absolute atomic E-state index is 10.4. The average Bonchev–Trinajstić information content (AvgIpc) is 2.25. The zero-order chi connectivity index (χ0) is 12.8. The fourth-order valence-corrected chi connectivity index (χ4v) is 0.863. The fourth-order valence-electron chi connectivity index (χ4n) is 0.674. The lowest BCUT2D eigenvalue weighted by atomic mass is 10.3. The lowest BCUT2D eigenvalue weighted by Crippen LogP contribution is -2.00. The Morgan fingerprint density at radius 2 is 1.88 bits per heavy atom. The quantitative estimate of drug-likeness (QED) is 0.341. The molecule has 0 heterocycles. The van der Waals surface area contributed by atoms with E-state index in [0.717, 1.165) is 18.0 Å². The maximum atomic E-state index is 10.4. The summed E-state index contributed by atoms with van der Waals surface area (Å²) in [6, 6.07) is 0. The van der Waals surface area contributed by atoms with Crippen molar-refractivity contribution in [2.75, 3.05) is 12.5 Å². The molecular weight excluding hydrogens is 232 g/mol. The van der Waals surface area contributed by atoms with Gasteiger partial charge in [0.25, 0.3) is 0 Å². The highest BCUT2D eigenvalue weighted by molar-refractivity contribution is 6.17. The molecule has 0 aromatic heterocycles. The topological polar surface area (TPSA) is 63.6 Å². The zero-order valence-electron chi connectivity index (χ0n) is 9.74. The molecule has 0 saturated heterocycles. The van der Waals surface area contributed by atoms with Crippen LogP contribution in [0.1, 0.15) is 33.1 Å². The molecule has 94 valence electrons. The maximum Gasteiger partial charge on any atom is 0.330 e. The first-order valence-electron chi connectivity index (χ1n) is 5.22. The number of carbonyl (C=O) groups excluding carboxylic acids is 1. The number of rotatable bonds is 6. The van der Waals surface area contributed by atoms with Crippen LogP contribution in [0.3, 0.4) is 0 Å². The fraction of sp³-hybridized carbons (Fsp3) is 0.636.